The number of Topliss-reactive ketones (excluding diaryl/α,β-unsaturated/α-hetero) is 1. The highest BCUT2D eigenvalue weighted by molar-refractivity contribution is 6.09. The third kappa shape index (κ3) is 1.51. The molecular formula is C16H16N2O3. The van der Waals surface area contributed by atoms with Gasteiger partial charge in [-0.15, -0.1) is 0 Å². The lowest BCUT2D eigenvalue weighted by Crippen LogP contribution is -2.43. The van der Waals surface area contributed by atoms with Crippen LogP contribution in [0.25, 0.3) is 10.9 Å². The van der Waals surface area contributed by atoms with Gasteiger partial charge in [0.1, 0.15) is 5.75 Å². The van der Waals surface area contributed by atoms with E-state index in [0.29, 0.717) is 19.4 Å². The fourth-order valence-electron chi connectivity index (χ4n) is 3.63. The Morgan fingerprint density at radius 2 is 2.10 bits per heavy atom. The highest BCUT2D eigenvalue weighted by Crippen LogP contribution is 2.37. The molecule has 0 saturated carbocycles. The number of carbonyl (C=O) groups is 2. The molecule has 0 bridgehead atoms. The third-order valence-corrected chi connectivity index (χ3v) is 4.70. The minimum absolute atomic E-state index is 0.0692. The number of ether oxygens (including phenoxy) is 1. The molecule has 1 atom stereocenters. The van der Waals surface area contributed by atoms with Gasteiger partial charge in [0.05, 0.1) is 18.8 Å². The van der Waals surface area contributed by atoms with E-state index >= 15 is 0 Å². The number of aromatic nitrogens is 1. The Hall–Kier alpha value is -2.30. The van der Waals surface area contributed by atoms with Gasteiger partial charge in [-0.05, 0) is 24.6 Å². The third-order valence-electron chi connectivity index (χ3n) is 4.70. The van der Waals surface area contributed by atoms with E-state index in [9.17, 15) is 9.59 Å². The van der Waals surface area contributed by atoms with Gasteiger partial charge in [-0.3, -0.25) is 9.59 Å². The zero-order valence-corrected chi connectivity index (χ0v) is 12.0. The molecule has 2 aromatic rings. The maximum Gasteiger partial charge on any atom is 0.223 e. The van der Waals surface area contributed by atoms with Crippen LogP contribution in [0, 0.1) is 0 Å². The Morgan fingerprint density at radius 1 is 1.29 bits per heavy atom. The molecule has 0 aliphatic carbocycles. The van der Waals surface area contributed by atoms with Gasteiger partial charge in [0, 0.05) is 36.5 Å². The summed E-state index contributed by atoms with van der Waals surface area (Å²) in [4.78, 5) is 26.4. The molecule has 1 aromatic heterocycles. The van der Waals surface area contributed by atoms with Crippen molar-refractivity contribution in [2.24, 2.45) is 7.05 Å². The van der Waals surface area contributed by atoms with Gasteiger partial charge < -0.3 is 14.2 Å². The van der Waals surface area contributed by atoms with Gasteiger partial charge in [-0.25, -0.2) is 0 Å². The van der Waals surface area contributed by atoms with Crippen LogP contribution in [0.5, 0.6) is 5.75 Å². The zero-order chi connectivity index (χ0) is 14.7. The first-order valence-electron chi connectivity index (χ1n) is 7.11. The fraction of sp³-hybridized carbons (Fsp3) is 0.375. The van der Waals surface area contributed by atoms with Crippen LogP contribution in [-0.2, 0) is 18.4 Å². The molecular weight excluding hydrogens is 268 g/mol. The van der Waals surface area contributed by atoms with E-state index in [2.05, 4.69) is 0 Å². The van der Waals surface area contributed by atoms with Gasteiger partial charge in [-0.1, -0.05) is 0 Å². The minimum Gasteiger partial charge on any atom is -0.497 e. The Kier molecular flexibility index (Phi) is 2.43. The summed E-state index contributed by atoms with van der Waals surface area (Å²) in [5.74, 6) is 0.914. The first kappa shape index (κ1) is 12.4. The van der Waals surface area contributed by atoms with Crippen molar-refractivity contribution in [2.75, 3.05) is 7.11 Å². The number of aryl methyl sites for hydroxylation is 1. The second kappa shape index (κ2) is 4.10. The molecule has 2 aliphatic rings. The van der Waals surface area contributed by atoms with Crippen LogP contribution >= 0.6 is 0 Å². The summed E-state index contributed by atoms with van der Waals surface area (Å²) in [5.41, 5.74) is 2.69. The van der Waals surface area contributed by atoms with E-state index in [0.717, 1.165) is 27.9 Å². The van der Waals surface area contributed by atoms with E-state index in [1.165, 1.54) is 0 Å². The highest BCUT2D eigenvalue weighted by atomic mass is 16.5. The van der Waals surface area contributed by atoms with E-state index in [1.54, 1.807) is 12.0 Å². The molecule has 4 rings (SSSR count). The number of amides is 1. The van der Waals surface area contributed by atoms with Crippen LogP contribution in [0.4, 0.5) is 0 Å². The van der Waals surface area contributed by atoms with Crippen molar-refractivity contribution >= 4 is 22.6 Å². The summed E-state index contributed by atoms with van der Waals surface area (Å²) >= 11 is 0. The van der Waals surface area contributed by atoms with Crippen molar-refractivity contribution in [2.45, 2.75) is 25.4 Å². The summed E-state index contributed by atoms with van der Waals surface area (Å²) < 4.78 is 7.23. The molecule has 0 spiro atoms. The van der Waals surface area contributed by atoms with Crippen molar-refractivity contribution in [3.05, 3.63) is 29.5 Å². The van der Waals surface area contributed by atoms with E-state index < -0.39 is 0 Å². The van der Waals surface area contributed by atoms with Gasteiger partial charge in [0.2, 0.25) is 11.7 Å². The maximum atomic E-state index is 12.7. The Balaban J connectivity index is 1.98. The zero-order valence-electron chi connectivity index (χ0n) is 12.0. The molecule has 3 heterocycles. The molecule has 108 valence electrons. The SMILES string of the molecule is COc1ccc2c(c1)c1c(n2C)C(=O)C2CCC(=O)N2C1. The van der Waals surface area contributed by atoms with Crippen molar-refractivity contribution in [1.29, 1.82) is 0 Å². The minimum atomic E-state index is -0.269. The number of ketones is 1. The summed E-state index contributed by atoms with van der Waals surface area (Å²) in [6.45, 7) is 0.523. The summed E-state index contributed by atoms with van der Waals surface area (Å²) in [6.07, 6.45) is 1.12. The second-order valence-corrected chi connectivity index (χ2v) is 5.71. The molecule has 1 amide bonds. The summed E-state index contributed by atoms with van der Waals surface area (Å²) in [7, 11) is 3.54. The highest BCUT2D eigenvalue weighted by Gasteiger charge is 2.43. The molecule has 5 nitrogen and oxygen atoms in total. The molecule has 0 radical (unpaired) electrons. The molecule has 1 saturated heterocycles. The smallest absolute Gasteiger partial charge is 0.223 e. The van der Waals surface area contributed by atoms with Crippen LogP contribution in [0.2, 0.25) is 0 Å². The van der Waals surface area contributed by atoms with E-state index in [1.807, 2.05) is 29.8 Å². The summed E-state index contributed by atoms with van der Waals surface area (Å²) in [5, 5.41) is 0.998. The number of methoxy groups -OCH3 is 1. The molecule has 5 heteroatoms. The van der Waals surface area contributed by atoms with Gasteiger partial charge in [-0.2, -0.15) is 0 Å². The fourth-order valence-corrected chi connectivity index (χ4v) is 3.63. The van der Waals surface area contributed by atoms with Crippen LogP contribution in [0.15, 0.2) is 18.2 Å². The van der Waals surface area contributed by atoms with Crippen molar-refractivity contribution in [3.8, 4) is 5.75 Å². The van der Waals surface area contributed by atoms with Gasteiger partial charge in [0.15, 0.2) is 0 Å². The first-order chi connectivity index (χ1) is 10.1. The molecule has 0 N–H and O–H groups in total. The Bertz CT molecular complexity index is 790. The predicted octanol–water partition coefficient (Wildman–Crippen LogP) is 1.87. The van der Waals surface area contributed by atoms with Crippen molar-refractivity contribution in [3.63, 3.8) is 0 Å². The van der Waals surface area contributed by atoms with E-state index in [-0.39, 0.29) is 17.7 Å². The Morgan fingerprint density at radius 3 is 2.86 bits per heavy atom. The average molecular weight is 284 g/mol. The lowest BCUT2D eigenvalue weighted by atomic mass is 9.97. The number of carbonyl (C=O) groups excluding carboxylic acids is 2. The number of hydrogen-bond acceptors (Lipinski definition) is 3. The molecule has 21 heavy (non-hydrogen) atoms. The normalized spacial score (nSPS) is 20.9. The number of rotatable bonds is 1. The molecule has 1 fully saturated rings. The van der Waals surface area contributed by atoms with Crippen LogP contribution < -0.4 is 4.74 Å². The predicted molar refractivity (Wildman–Crippen MR) is 77.4 cm³/mol. The number of fused-ring (bicyclic) bond motifs is 4. The number of nitrogens with zero attached hydrogens (tertiary/aromatic N) is 2. The van der Waals surface area contributed by atoms with Crippen molar-refractivity contribution in [1.82, 2.24) is 9.47 Å². The van der Waals surface area contributed by atoms with Crippen LogP contribution in [0.1, 0.15) is 28.9 Å². The Labute approximate surface area is 122 Å². The monoisotopic (exact) mass is 284 g/mol. The number of benzene rings is 1. The quantitative estimate of drug-likeness (QED) is 0.803. The number of hydrogen-bond donors (Lipinski definition) is 0. The second-order valence-electron chi connectivity index (χ2n) is 5.71. The van der Waals surface area contributed by atoms with Gasteiger partial charge >= 0.3 is 0 Å². The van der Waals surface area contributed by atoms with E-state index in [4.69, 9.17) is 4.74 Å². The topological polar surface area (TPSA) is 51.5 Å². The lowest BCUT2D eigenvalue weighted by molar-refractivity contribution is -0.129. The largest absolute Gasteiger partial charge is 0.497 e. The first-order valence-corrected chi connectivity index (χ1v) is 7.11. The van der Waals surface area contributed by atoms with Crippen molar-refractivity contribution < 1.29 is 14.3 Å². The molecule has 1 aromatic carbocycles. The standard InChI is InChI=1S/C16H16N2O3/c1-17-12-4-3-9(21-2)7-10(12)11-8-18-13(5-6-14(18)19)16(20)15(11)17/h3-4,7,13H,5-6,8H2,1-2H3. The lowest BCUT2D eigenvalue weighted by Gasteiger charge is -2.29. The average Bonchev–Trinajstić information content (AvgIpc) is 3.00. The van der Waals surface area contributed by atoms with Crippen LogP contribution in [0.3, 0.4) is 0 Å². The van der Waals surface area contributed by atoms with Gasteiger partial charge in [0.25, 0.3) is 0 Å². The van der Waals surface area contributed by atoms with Crippen LogP contribution in [-0.4, -0.2) is 34.3 Å². The molecule has 2 aliphatic heterocycles. The summed E-state index contributed by atoms with van der Waals surface area (Å²) in [6, 6.07) is 5.54. The molecule has 1 unspecified atom stereocenters. The maximum absolute atomic E-state index is 12.7.